The Bertz CT molecular complexity index is 459. The highest BCUT2D eigenvalue weighted by Gasteiger charge is 2.20. The van der Waals surface area contributed by atoms with Crippen LogP contribution >= 0.6 is 0 Å². The van der Waals surface area contributed by atoms with Gasteiger partial charge in [0.05, 0.1) is 0 Å². The van der Waals surface area contributed by atoms with Gasteiger partial charge in [-0.15, -0.1) is 0 Å². The number of amides is 1. The highest BCUT2D eigenvalue weighted by atomic mass is 16.5. The SMILES string of the molecule is CCCNC(=O)C(C)Oc1ccc2c(c1)CC[C@H]2N. The van der Waals surface area contributed by atoms with Crippen molar-refractivity contribution >= 4 is 5.91 Å². The second-order valence-electron chi connectivity index (χ2n) is 5.06. The van der Waals surface area contributed by atoms with E-state index in [4.69, 9.17) is 10.5 Å². The van der Waals surface area contributed by atoms with E-state index in [0.717, 1.165) is 25.0 Å². The van der Waals surface area contributed by atoms with Crippen molar-refractivity contribution in [1.29, 1.82) is 0 Å². The molecular weight excluding hydrogens is 240 g/mol. The minimum atomic E-state index is -0.473. The summed E-state index contributed by atoms with van der Waals surface area (Å²) in [6.45, 7) is 4.48. The molecule has 0 bridgehead atoms. The number of hydrogen-bond donors (Lipinski definition) is 2. The summed E-state index contributed by atoms with van der Waals surface area (Å²) in [5.74, 6) is 0.672. The van der Waals surface area contributed by atoms with Crippen LogP contribution in [0.15, 0.2) is 18.2 Å². The summed E-state index contributed by atoms with van der Waals surface area (Å²) in [5, 5.41) is 2.83. The van der Waals surface area contributed by atoms with E-state index in [1.165, 1.54) is 11.1 Å². The number of ether oxygens (including phenoxy) is 1. The van der Waals surface area contributed by atoms with Crippen molar-refractivity contribution in [3.8, 4) is 5.75 Å². The summed E-state index contributed by atoms with van der Waals surface area (Å²) in [4.78, 5) is 11.7. The van der Waals surface area contributed by atoms with E-state index in [2.05, 4.69) is 5.32 Å². The van der Waals surface area contributed by atoms with Crippen molar-refractivity contribution in [2.75, 3.05) is 6.54 Å². The first-order valence-electron chi connectivity index (χ1n) is 6.94. The van der Waals surface area contributed by atoms with E-state index in [9.17, 15) is 4.79 Å². The van der Waals surface area contributed by atoms with Crippen LogP contribution in [0.3, 0.4) is 0 Å². The van der Waals surface area contributed by atoms with Gasteiger partial charge in [0.15, 0.2) is 6.10 Å². The lowest BCUT2D eigenvalue weighted by Crippen LogP contribution is -2.36. The molecule has 1 unspecified atom stereocenters. The summed E-state index contributed by atoms with van der Waals surface area (Å²) in [6.07, 6.45) is 2.43. The van der Waals surface area contributed by atoms with Gasteiger partial charge < -0.3 is 15.8 Å². The molecule has 0 spiro atoms. The van der Waals surface area contributed by atoms with Crippen molar-refractivity contribution in [3.05, 3.63) is 29.3 Å². The molecule has 1 aliphatic carbocycles. The van der Waals surface area contributed by atoms with Crippen LogP contribution in [0.4, 0.5) is 0 Å². The lowest BCUT2D eigenvalue weighted by Gasteiger charge is -2.15. The smallest absolute Gasteiger partial charge is 0.260 e. The second-order valence-corrected chi connectivity index (χ2v) is 5.06. The third kappa shape index (κ3) is 3.26. The zero-order chi connectivity index (χ0) is 13.8. The third-order valence-electron chi connectivity index (χ3n) is 3.47. The van der Waals surface area contributed by atoms with E-state index in [1.54, 1.807) is 6.92 Å². The lowest BCUT2D eigenvalue weighted by molar-refractivity contribution is -0.127. The zero-order valence-corrected chi connectivity index (χ0v) is 11.6. The van der Waals surface area contributed by atoms with Gasteiger partial charge in [-0.3, -0.25) is 4.79 Å². The van der Waals surface area contributed by atoms with Gasteiger partial charge in [0.2, 0.25) is 0 Å². The Labute approximate surface area is 114 Å². The first kappa shape index (κ1) is 13.9. The van der Waals surface area contributed by atoms with Gasteiger partial charge in [0, 0.05) is 12.6 Å². The summed E-state index contributed by atoms with van der Waals surface area (Å²) >= 11 is 0. The monoisotopic (exact) mass is 262 g/mol. The maximum Gasteiger partial charge on any atom is 0.260 e. The maximum absolute atomic E-state index is 11.7. The molecule has 4 nitrogen and oxygen atoms in total. The standard InChI is InChI=1S/C15H22N2O2/c1-3-8-17-15(18)10(2)19-12-5-6-13-11(9-12)4-7-14(13)16/h5-6,9-10,14H,3-4,7-8,16H2,1-2H3,(H,17,18)/t10?,14-/m1/s1. The molecule has 1 aromatic rings. The summed E-state index contributed by atoms with van der Waals surface area (Å²) < 4.78 is 5.68. The molecule has 0 heterocycles. The molecule has 104 valence electrons. The number of carbonyl (C=O) groups is 1. The largest absolute Gasteiger partial charge is 0.481 e. The average Bonchev–Trinajstić information content (AvgIpc) is 2.77. The van der Waals surface area contributed by atoms with Crippen molar-refractivity contribution < 1.29 is 9.53 Å². The highest BCUT2D eigenvalue weighted by molar-refractivity contribution is 5.80. The van der Waals surface area contributed by atoms with Gasteiger partial charge in [0.1, 0.15) is 5.75 Å². The molecule has 19 heavy (non-hydrogen) atoms. The minimum Gasteiger partial charge on any atom is -0.481 e. The topological polar surface area (TPSA) is 64.3 Å². The molecule has 0 saturated carbocycles. The first-order valence-corrected chi connectivity index (χ1v) is 6.94. The van der Waals surface area contributed by atoms with Crippen LogP contribution in [0.5, 0.6) is 5.75 Å². The average molecular weight is 262 g/mol. The van der Waals surface area contributed by atoms with E-state index < -0.39 is 6.10 Å². The maximum atomic E-state index is 11.7. The van der Waals surface area contributed by atoms with E-state index >= 15 is 0 Å². The van der Waals surface area contributed by atoms with Gasteiger partial charge in [-0.25, -0.2) is 0 Å². The molecule has 1 aliphatic rings. The number of fused-ring (bicyclic) bond motifs is 1. The molecule has 1 amide bonds. The third-order valence-corrected chi connectivity index (χ3v) is 3.47. The van der Waals surface area contributed by atoms with Gasteiger partial charge >= 0.3 is 0 Å². The Morgan fingerprint density at radius 1 is 1.58 bits per heavy atom. The van der Waals surface area contributed by atoms with Crippen LogP contribution in [0.25, 0.3) is 0 Å². The number of nitrogens with two attached hydrogens (primary N) is 1. The number of hydrogen-bond acceptors (Lipinski definition) is 3. The number of carbonyl (C=O) groups excluding carboxylic acids is 1. The Morgan fingerprint density at radius 2 is 2.37 bits per heavy atom. The normalized spacial score (nSPS) is 18.8. The summed E-state index contributed by atoms with van der Waals surface area (Å²) in [7, 11) is 0. The lowest BCUT2D eigenvalue weighted by atomic mass is 10.1. The molecule has 2 rings (SSSR count). The van der Waals surface area contributed by atoms with Crippen molar-refractivity contribution in [3.63, 3.8) is 0 Å². The van der Waals surface area contributed by atoms with Gasteiger partial charge in [-0.2, -0.15) is 0 Å². The molecule has 3 N–H and O–H groups in total. The molecular formula is C15H22N2O2. The van der Waals surface area contributed by atoms with Crippen LogP contribution in [-0.4, -0.2) is 18.6 Å². The molecule has 0 aromatic heterocycles. The van der Waals surface area contributed by atoms with Crippen molar-refractivity contribution in [2.45, 2.75) is 45.3 Å². The minimum absolute atomic E-state index is 0.0703. The fourth-order valence-corrected chi connectivity index (χ4v) is 2.35. The zero-order valence-electron chi connectivity index (χ0n) is 11.6. The second kappa shape index (κ2) is 6.06. The van der Waals surface area contributed by atoms with Crippen molar-refractivity contribution in [1.82, 2.24) is 5.32 Å². The van der Waals surface area contributed by atoms with Gasteiger partial charge in [-0.1, -0.05) is 13.0 Å². The van der Waals surface area contributed by atoms with Crippen LogP contribution in [-0.2, 0) is 11.2 Å². The molecule has 0 fully saturated rings. The number of nitrogens with one attached hydrogen (secondary N) is 1. The molecule has 0 radical (unpaired) electrons. The Balaban J connectivity index is 1.98. The summed E-state index contributed by atoms with van der Waals surface area (Å²) in [5.41, 5.74) is 8.44. The number of rotatable bonds is 5. The van der Waals surface area contributed by atoms with Crippen LogP contribution in [0.1, 0.15) is 43.9 Å². The van der Waals surface area contributed by atoms with E-state index in [1.807, 2.05) is 25.1 Å². The number of aryl methyl sites for hydroxylation is 1. The first-order chi connectivity index (χ1) is 9.11. The molecule has 1 aromatic carbocycles. The van der Waals surface area contributed by atoms with Crippen LogP contribution in [0.2, 0.25) is 0 Å². The molecule has 0 aliphatic heterocycles. The Hall–Kier alpha value is -1.55. The van der Waals surface area contributed by atoms with Crippen molar-refractivity contribution in [2.24, 2.45) is 5.73 Å². The highest BCUT2D eigenvalue weighted by Crippen LogP contribution is 2.32. The fourth-order valence-electron chi connectivity index (χ4n) is 2.35. The van der Waals surface area contributed by atoms with E-state index in [-0.39, 0.29) is 11.9 Å². The predicted molar refractivity (Wildman–Crippen MR) is 75.1 cm³/mol. The van der Waals surface area contributed by atoms with E-state index in [0.29, 0.717) is 6.54 Å². The van der Waals surface area contributed by atoms with Gasteiger partial charge in [-0.05, 0) is 49.4 Å². The molecule has 0 saturated heterocycles. The quantitative estimate of drug-likeness (QED) is 0.852. The van der Waals surface area contributed by atoms with Crippen LogP contribution in [0, 0.1) is 0 Å². The molecule has 2 atom stereocenters. The summed E-state index contributed by atoms with van der Waals surface area (Å²) in [6, 6.07) is 6.06. The Morgan fingerprint density at radius 3 is 3.11 bits per heavy atom. The molecule has 4 heteroatoms. The van der Waals surface area contributed by atoms with Gasteiger partial charge in [0.25, 0.3) is 5.91 Å². The van der Waals surface area contributed by atoms with Crippen LogP contribution < -0.4 is 15.8 Å². The number of benzene rings is 1. The fraction of sp³-hybridized carbons (Fsp3) is 0.533. The predicted octanol–water partition coefficient (Wildman–Crippen LogP) is 1.93. The Kier molecular flexibility index (Phi) is 4.43.